The number of carbonyl (C=O) groups is 5. The molecule has 3 saturated carbocycles. The molecule has 3 rings (SSSR count). The van der Waals surface area contributed by atoms with Gasteiger partial charge in [-0.25, -0.2) is 0 Å². The van der Waals surface area contributed by atoms with Crippen LogP contribution >= 0.6 is 0 Å². The highest BCUT2D eigenvalue weighted by Gasteiger charge is 2.37. The summed E-state index contributed by atoms with van der Waals surface area (Å²) in [7, 11) is 1.63. The van der Waals surface area contributed by atoms with Crippen molar-refractivity contribution in [3.05, 3.63) is 0 Å². The van der Waals surface area contributed by atoms with Crippen LogP contribution in [0.1, 0.15) is 96.8 Å². The van der Waals surface area contributed by atoms with Gasteiger partial charge in [0, 0.05) is 44.5 Å². The van der Waals surface area contributed by atoms with Gasteiger partial charge in [0.15, 0.2) is 0 Å². The van der Waals surface area contributed by atoms with Gasteiger partial charge in [-0.05, 0) is 63.7 Å². The van der Waals surface area contributed by atoms with E-state index in [4.69, 9.17) is 10.6 Å². The van der Waals surface area contributed by atoms with Gasteiger partial charge in [-0.1, -0.05) is 26.2 Å². The summed E-state index contributed by atoms with van der Waals surface area (Å²) < 4.78 is 5.48. The van der Waals surface area contributed by atoms with Crippen LogP contribution in [-0.2, 0) is 33.5 Å². The van der Waals surface area contributed by atoms with E-state index < -0.39 is 5.97 Å². The molecule has 0 spiro atoms. The molecule has 5 atom stereocenters. The summed E-state index contributed by atoms with van der Waals surface area (Å²) in [5, 5.41) is 3.09. The Bertz CT molecular complexity index is 913. The smallest absolute Gasteiger partial charge is 0.326 e. The maximum atomic E-state index is 13.5. The number of unbranched alkanes of at least 4 members (excludes halogenated alkanes) is 1. The molecule has 232 valence electrons. The van der Waals surface area contributed by atoms with Crippen LogP contribution < -0.4 is 11.2 Å². The molecule has 5 unspecified atom stereocenters. The summed E-state index contributed by atoms with van der Waals surface area (Å²) in [5.74, 6) is 3.99. The first-order valence-corrected chi connectivity index (χ1v) is 15.6. The van der Waals surface area contributed by atoms with E-state index >= 15 is 0 Å². The highest BCUT2D eigenvalue weighted by molar-refractivity contribution is 5.89. The molecule has 3 aliphatic carbocycles. The Morgan fingerprint density at radius 3 is 2.49 bits per heavy atom. The number of ketones is 1. The topological polar surface area (TPSA) is 148 Å². The van der Waals surface area contributed by atoms with Crippen LogP contribution in [0.15, 0.2) is 0 Å². The van der Waals surface area contributed by atoms with Crippen molar-refractivity contribution in [1.29, 1.82) is 0 Å². The number of ether oxygens (including phenoxy) is 1. The fourth-order valence-electron chi connectivity index (χ4n) is 6.74. The van der Waals surface area contributed by atoms with E-state index in [1.807, 2.05) is 6.92 Å². The number of methoxy groups -OCH3 is 1. The number of fused-ring (bicyclic) bond motifs is 1. The number of hydrogen-bond donors (Lipinski definition) is 2. The number of nitrogens with zero attached hydrogens (tertiary/aromatic N) is 2. The van der Waals surface area contributed by atoms with E-state index in [0.29, 0.717) is 50.4 Å². The molecule has 0 saturated heterocycles. The van der Waals surface area contributed by atoms with E-state index in [1.54, 1.807) is 7.11 Å². The van der Waals surface area contributed by atoms with Gasteiger partial charge in [0.25, 0.3) is 0 Å². The van der Waals surface area contributed by atoms with Gasteiger partial charge in [-0.2, -0.15) is 5.90 Å². The van der Waals surface area contributed by atoms with Crippen molar-refractivity contribution < 1.29 is 33.5 Å². The molecule has 0 bridgehead atoms. The number of rotatable bonds is 13. The van der Waals surface area contributed by atoms with Crippen molar-refractivity contribution >= 4 is 29.5 Å². The Kier molecular flexibility index (Phi) is 13.5. The molecule has 11 nitrogen and oxygen atoms in total. The third-order valence-electron chi connectivity index (χ3n) is 9.15. The Balaban J connectivity index is 1.63. The zero-order valence-electron chi connectivity index (χ0n) is 24.9. The largest absolute Gasteiger partial charge is 0.381 e. The predicted octanol–water partition coefficient (Wildman–Crippen LogP) is 2.50. The average molecular weight is 579 g/mol. The van der Waals surface area contributed by atoms with Gasteiger partial charge in [-0.3, -0.25) is 24.0 Å². The fraction of sp³-hybridized carbons (Fsp3) is 0.833. The first-order chi connectivity index (χ1) is 19.7. The zero-order chi connectivity index (χ0) is 29.8. The van der Waals surface area contributed by atoms with Gasteiger partial charge >= 0.3 is 5.97 Å². The molecule has 11 heteroatoms. The molecule has 0 heterocycles. The van der Waals surface area contributed by atoms with E-state index in [2.05, 4.69) is 10.2 Å². The Hall–Kier alpha value is -2.53. The molecule has 41 heavy (non-hydrogen) atoms. The minimum Gasteiger partial charge on any atom is -0.381 e. The number of hydrogen-bond acceptors (Lipinski definition) is 8. The summed E-state index contributed by atoms with van der Waals surface area (Å²) in [5.41, 5.74) is 0. The molecule has 3 aliphatic rings. The van der Waals surface area contributed by atoms with Gasteiger partial charge in [0.2, 0.25) is 17.7 Å². The second-order valence-corrected chi connectivity index (χ2v) is 12.0. The van der Waals surface area contributed by atoms with E-state index in [1.165, 1.54) is 9.80 Å². The van der Waals surface area contributed by atoms with Gasteiger partial charge in [0.1, 0.15) is 5.78 Å². The van der Waals surface area contributed by atoms with E-state index in [9.17, 15) is 24.0 Å². The third kappa shape index (κ3) is 10.1. The molecule has 0 radical (unpaired) electrons. The second-order valence-electron chi connectivity index (χ2n) is 12.0. The maximum Gasteiger partial charge on any atom is 0.326 e. The standard InChI is InChI=1S/C30H50N4O7/c1-3-4-15-33(19-27(36)32-23-13-12-21-8-5-6-11-26(35)25(21)18-23)28(37)20-34(16-14-29(38)41-31)30(39)22-9-7-10-24(17-22)40-2/h21-25H,3-20,31H2,1-2H3,(H,32,36). The lowest BCUT2D eigenvalue weighted by Crippen LogP contribution is -2.50. The lowest BCUT2D eigenvalue weighted by molar-refractivity contribution is -0.149. The van der Waals surface area contributed by atoms with Crippen LogP contribution in [-0.4, -0.2) is 84.7 Å². The summed E-state index contributed by atoms with van der Waals surface area (Å²) >= 11 is 0. The molecule has 3 N–H and O–H groups in total. The van der Waals surface area contributed by atoms with Crippen molar-refractivity contribution in [2.24, 2.45) is 23.7 Å². The van der Waals surface area contributed by atoms with Crippen LogP contribution in [0.3, 0.4) is 0 Å². The van der Waals surface area contributed by atoms with Gasteiger partial charge < -0.3 is 24.7 Å². The Morgan fingerprint density at radius 2 is 1.76 bits per heavy atom. The molecule has 0 aliphatic heterocycles. The van der Waals surface area contributed by atoms with Gasteiger partial charge in [0.05, 0.1) is 25.6 Å². The number of nitrogens with two attached hydrogens (primary N) is 1. The van der Waals surface area contributed by atoms with Crippen molar-refractivity contribution in [3.63, 3.8) is 0 Å². The highest BCUT2D eigenvalue weighted by atomic mass is 16.7. The highest BCUT2D eigenvalue weighted by Crippen LogP contribution is 2.37. The van der Waals surface area contributed by atoms with Crippen molar-refractivity contribution in [3.8, 4) is 0 Å². The number of nitrogens with one attached hydrogen (secondary N) is 1. The Morgan fingerprint density at radius 1 is 0.951 bits per heavy atom. The lowest BCUT2D eigenvalue weighted by atomic mass is 9.74. The molecule has 3 fully saturated rings. The fourth-order valence-corrected chi connectivity index (χ4v) is 6.74. The summed E-state index contributed by atoms with van der Waals surface area (Å²) in [4.78, 5) is 71.7. The van der Waals surface area contributed by atoms with Crippen LogP contribution in [0.5, 0.6) is 0 Å². The quantitative estimate of drug-likeness (QED) is 0.317. The summed E-state index contributed by atoms with van der Waals surface area (Å²) in [6.45, 7) is 2.05. The first-order valence-electron chi connectivity index (χ1n) is 15.6. The monoisotopic (exact) mass is 578 g/mol. The maximum absolute atomic E-state index is 13.5. The molecule has 0 aromatic heterocycles. The van der Waals surface area contributed by atoms with Crippen LogP contribution in [0.4, 0.5) is 0 Å². The SMILES string of the molecule is CCCCN(CC(=O)NC1CCC2CCCCC(=O)C2C1)C(=O)CN(CCC(=O)ON)C(=O)C1CCCC(OC)C1. The minimum absolute atomic E-state index is 0.00122. The van der Waals surface area contributed by atoms with Gasteiger partial charge in [-0.15, -0.1) is 0 Å². The predicted molar refractivity (Wildman–Crippen MR) is 152 cm³/mol. The van der Waals surface area contributed by atoms with E-state index in [-0.39, 0.29) is 67.8 Å². The zero-order valence-corrected chi connectivity index (χ0v) is 24.9. The summed E-state index contributed by atoms with van der Waals surface area (Å²) in [6.07, 6.45) is 10.6. The molecular weight excluding hydrogens is 528 g/mol. The molecule has 0 aromatic rings. The summed E-state index contributed by atoms with van der Waals surface area (Å²) in [6, 6.07) is -0.0747. The van der Waals surface area contributed by atoms with Crippen molar-refractivity contribution in [2.75, 3.05) is 33.3 Å². The number of amides is 3. The van der Waals surface area contributed by atoms with Crippen LogP contribution in [0, 0.1) is 17.8 Å². The minimum atomic E-state index is -0.669. The average Bonchev–Trinajstić information content (AvgIpc) is 3.17. The second kappa shape index (κ2) is 16.8. The van der Waals surface area contributed by atoms with Crippen molar-refractivity contribution in [1.82, 2.24) is 15.1 Å². The van der Waals surface area contributed by atoms with E-state index in [0.717, 1.165) is 51.4 Å². The number of carbonyl (C=O) groups excluding carboxylic acids is 5. The molecule has 0 aromatic carbocycles. The lowest BCUT2D eigenvalue weighted by Gasteiger charge is -2.35. The number of Topliss-reactive ketones (excluding diaryl/α,β-unsaturated/α-hetero) is 1. The van der Waals surface area contributed by atoms with Crippen LogP contribution in [0.25, 0.3) is 0 Å². The van der Waals surface area contributed by atoms with Crippen LogP contribution in [0.2, 0.25) is 0 Å². The molecular formula is C30H50N4O7. The normalized spacial score (nSPS) is 26.3. The third-order valence-corrected chi connectivity index (χ3v) is 9.15. The first kappa shape index (κ1) is 33.0. The Labute approximate surface area is 244 Å². The van der Waals surface area contributed by atoms with Crippen molar-refractivity contribution in [2.45, 2.75) is 109 Å². The molecule has 3 amide bonds.